The van der Waals surface area contributed by atoms with Gasteiger partial charge in [-0.1, -0.05) is 11.6 Å². The summed E-state index contributed by atoms with van der Waals surface area (Å²) in [4.78, 5) is 16.6. The van der Waals surface area contributed by atoms with Crippen LogP contribution in [-0.2, 0) is 0 Å². The summed E-state index contributed by atoms with van der Waals surface area (Å²) < 4.78 is 13.8. The summed E-state index contributed by atoms with van der Waals surface area (Å²) in [6, 6.07) is 4.51. The molecule has 0 aliphatic carbocycles. The minimum atomic E-state index is -0.505. The first-order chi connectivity index (χ1) is 10.1. The predicted molar refractivity (Wildman–Crippen MR) is 87.4 cm³/mol. The van der Waals surface area contributed by atoms with E-state index >= 15 is 0 Å². The molecule has 7 heteroatoms. The topological polar surface area (TPSA) is 35.6 Å². The van der Waals surface area contributed by atoms with Gasteiger partial charge in [0.05, 0.1) is 5.56 Å². The minimum Gasteiger partial charge on any atom is -0.337 e. The highest BCUT2D eigenvalue weighted by Gasteiger charge is 2.32. The van der Waals surface area contributed by atoms with E-state index in [1.54, 1.807) is 4.90 Å². The summed E-state index contributed by atoms with van der Waals surface area (Å²) in [6.45, 7) is 5.36. The average molecular weight is 348 g/mol. The van der Waals surface area contributed by atoms with Crippen molar-refractivity contribution in [3.05, 3.63) is 34.6 Å². The highest BCUT2D eigenvalue weighted by atomic mass is 35.5. The molecule has 1 amide bonds. The number of rotatable bonds is 2. The fourth-order valence-corrected chi connectivity index (χ4v) is 3.28. The van der Waals surface area contributed by atoms with Gasteiger partial charge in [0, 0.05) is 50.3 Å². The fourth-order valence-electron chi connectivity index (χ4n) is 3.10. The van der Waals surface area contributed by atoms with Crippen LogP contribution in [0, 0.1) is 5.82 Å². The number of piperazine rings is 1. The summed E-state index contributed by atoms with van der Waals surface area (Å²) in [5, 5.41) is 3.71. The third kappa shape index (κ3) is 3.71. The van der Waals surface area contributed by atoms with E-state index in [0.29, 0.717) is 24.2 Å². The SMILES string of the molecule is Cl.O=C(c1cc(Cl)ccc1F)N1CCC(N2CCNCC2)C1. The summed E-state index contributed by atoms with van der Waals surface area (Å²) in [7, 11) is 0. The second-order valence-corrected chi connectivity index (χ2v) is 6.04. The molecule has 0 bridgehead atoms. The maximum absolute atomic E-state index is 13.8. The Balaban J connectivity index is 0.00000176. The number of carbonyl (C=O) groups excluding carboxylic acids is 1. The fraction of sp³-hybridized carbons (Fsp3) is 0.533. The molecule has 4 nitrogen and oxygen atoms in total. The Bertz CT molecular complexity index is 538. The molecule has 2 aliphatic rings. The smallest absolute Gasteiger partial charge is 0.256 e. The molecule has 1 aromatic carbocycles. The molecule has 2 aliphatic heterocycles. The second-order valence-electron chi connectivity index (χ2n) is 5.60. The molecule has 0 saturated carbocycles. The summed E-state index contributed by atoms with van der Waals surface area (Å²) in [5.74, 6) is -0.761. The molecule has 1 aromatic rings. The molecule has 2 heterocycles. The number of likely N-dealkylation sites (tertiary alicyclic amines) is 1. The van der Waals surface area contributed by atoms with Crippen LogP contribution in [0.15, 0.2) is 18.2 Å². The van der Waals surface area contributed by atoms with Crippen molar-refractivity contribution >= 4 is 29.9 Å². The molecule has 1 N–H and O–H groups in total. The molecule has 0 spiro atoms. The maximum atomic E-state index is 13.8. The lowest BCUT2D eigenvalue weighted by Gasteiger charge is -2.32. The van der Waals surface area contributed by atoms with Crippen LogP contribution >= 0.6 is 24.0 Å². The van der Waals surface area contributed by atoms with Crippen LogP contribution in [-0.4, -0.2) is 61.0 Å². The summed E-state index contributed by atoms with van der Waals surface area (Å²) in [6.07, 6.45) is 0.952. The molecular formula is C15H20Cl2FN3O. The van der Waals surface area contributed by atoms with Gasteiger partial charge >= 0.3 is 0 Å². The van der Waals surface area contributed by atoms with E-state index in [9.17, 15) is 9.18 Å². The molecule has 22 heavy (non-hydrogen) atoms. The molecule has 0 radical (unpaired) electrons. The van der Waals surface area contributed by atoms with E-state index in [1.807, 2.05) is 0 Å². The Morgan fingerprint density at radius 1 is 1.27 bits per heavy atom. The quantitative estimate of drug-likeness (QED) is 0.888. The Hall–Kier alpha value is -0.880. The third-order valence-electron chi connectivity index (χ3n) is 4.28. The van der Waals surface area contributed by atoms with Gasteiger partial charge in [-0.15, -0.1) is 12.4 Å². The highest BCUT2D eigenvalue weighted by Crippen LogP contribution is 2.21. The molecule has 0 aromatic heterocycles. The van der Waals surface area contributed by atoms with Gasteiger partial charge in [0.15, 0.2) is 0 Å². The van der Waals surface area contributed by atoms with Crippen LogP contribution in [0.5, 0.6) is 0 Å². The van der Waals surface area contributed by atoms with Crippen molar-refractivity contribution in [1.82, 2.24) is 15.1 Å². The Morgan fingerprint density at radius 3 is 2.73 bits per heavy atom. The van der Waals surface area contributed by atoms with Gasteiger partial charge in [0.1, 0.15) is 5.82 Å². The maximum Gasteiger partial charge on any atom is 0.256 e. The van der Waals surface area contributed by atoms with E-state index < -0.39 is 5.82 Å². The van der Waals surface area contributed by atoms with Crippen molar-refractivity contribution in [2.75, 3.05) is 39.3 Å². The third-order valence-corrected chi connectivity index (χ3v) is 4.51. The number of hydrogen-bond acceptors (Lipinski definition) is 3. The molecular weight excluding hydrogens is 328 g/mol. The summed E-state index contributed by atoms with van der Waals surface area (Å²) in [5.41, 5.74) is 0.0726. The van der Waals surface area contributed by atoms with Gasteiger partial charge in [0.25, 0.3) is 5.91 Å². The van der Waals surface area contributed by atoms with Crippen molar-refractivity contribution in [2.45, 2.75) is 12.5 Å². The number of halogens is 3. The first-order valence-electron chi connectivity index (χ1n) is 7.34. The lowest BCUT2D eigenvalue weighted by molar-refractivity contribution is 0.0769. The van der Waals surface area contributed by atoms with Crippen LogP contribution in [0.1, 0.15) is 16.8 Å². The zero-order valence-corrected chi connectivity index (χ0v) is 13.8. The number of benzene rings is 1. The first kappa shape index (κ1) is 17.5. The monoisotopic (exact) mass is 347 g/mol. The van der Waals surface area contributed by atoms with Gasteiger partial charge < -0.3 is 10.2 Å². The van der Waals surface area contributed by atoms with Crippen molar-refractivity contribution < 1.29 is 9.18 Å². The van der Waals surface area contributed by atoms with Gasteiger partial charge in [-0.3, -0.25) is 9.69 Å². The molecule has 122 valence electrons. The molecule has 2 saturated heterocycles. The van der Waals surface area contributed by atoms with Crippen LogP contribution < -0.4 is 5.32 Å². The second kappa shape index (κ2) is 7.59. The summed E-state index contributed by atoms with van der Waals surface area (Å²) >= 11 is 5.87. The Labute approximate surface area is 141 Å². The molecule has 1 unspecified atom stereocenters. The van der Waals surface area contributed by atoms with E-state index in [0.717, 1.165) is 32.6 Å². The Morgan fingerprint density at radius 2 is 2.00 bits per heavy atom. The standard InChI is InChI=1S/C15H19ClFN3O.ClH/c16-11-1-2-14(17)13(9-11)15(21)20-6-3-12(10-20)19-7-4-18-5-8-19;/h1-2,9,12,18H,3-8,10H2;1H. The minimum absolute atomic E-state index is 0. The Kier molecular flexibility index (Phi) is 6.03. The number of amides is 1. The van der Waals surface area contributed by atoms with Crippen LogP contribution in [0.25, 0.3) is 0 Å². The number of nitrogens with zero attached hydrogens (tertiary/aromatic N) is 2. The van der Waals surface area contributed by atoms with Gasteiger partial charge in [-0.05, 0) is 24.6 Å². The van der Waals surface area contributed by atoms with Crippen molar-refractivity contribution in [1.29, 1.82) is 0 Å². The zero-order chi connectivity index (χ0) is 14.8. The largest absolute Gasteiger partial charge is 0.337 e. The van der Waals surface area contributed by atoms with Crippen molar-refractivity contribution in [3.8, 4) is 0 Å². The number of carbonyl (C=O) groups is 1. The van der Waals surface area contributed by atoms with E-state index in [2.05, 4.69) is 10.2 Å². The number of nitrogens with one attached hydrogen (secondary N) is 1. The lowest BCUT2D eigenvalue weighted by Crippen LogP contribution is -2.49. The first-order valence-corrected chi connectivity index (χ1v) is 7.72. The highest BCUT2D eigenvalue weighted by molar-refractivity contribution is 6.31. The number of hydrogen-bond donors (Lipinski definition) is 1. The van der Waals surface area contributed by atoms with E-state index in [-0.39, 0.29) is 23.9 Å². The van der Waals surface area contributed by atoms with Crippen molar-refractivity contribution in [2.24, 2.45) is 0 Å². The van der Waals surface area contributed by atoms with Crippen molar-refractivity contribution in [3.63, 3.8) is 0 Å². The predicted octanol–water partition coefficient (Wildman–Crippen LogP) is 2.02. The van der Waals surface area contributed by atoms with Gasteiger partial charge in [-0.25, -0.2) is 4.39 Å². The lowest BCUT2D eigenvalue weighted by atomic mass is 10.2. The van der Waals surface area contributed by atoms with Gasteiger partial charge in [0.2, 0.25) is 0 Å². The zero-order valence-electron chi connectivity index (χ0n) is 12.2. The molecule has 3 rings (SSSR count). The van der Waals surface area contributed by atoms with Crippen LogP contribution in [0.4, 0.5) is 4.39 Å². The van der Waals surface area contributed by atoms with Crippen LogP contribution in [0.3, 0.4) is 0 Å². The average Bonchev–Trinajstić information content (AvgIpc) is 3.00. The van der Waals surface area contributed by atoms with E-state index in [4.69, 9.17) is 11.6 Å². The van der Waals surface area contributed by atoms with Gasteiger partial charge in [-0.2, -0.15) is 0 Å². The van der Waals surface area contributed by atoms with E-state index in [1.165, 1.54) is 18.2 Å². The van der Waals surface area contributed by atoms with Crippen LogP contribution in [0.2, 0.25) is 5.02 Å². The molecule has 1 atom stereocenters. The normalized spacial score (nSPS) is 22.5. The molecule has 2 fully saturated rings.